The fourth-order valence-electron chi connectivity index (χ4n) is 1.59. The lowest BCUT2D eigenvalue weighted by Gasteiger charge is -2.05. The third-order valence-corrected chi connectivity index (χ3v) is 3.62. The molecule has 0 radical (unpaired) electrons. The summed E-state index contributed by atoms with van der Waals surface area (Å²) in [4.78, 5) is 14.3. The molecule has 0 aliphatic rings. The summed E-state index contributed by atoms with van der Waals surface area (Å²) in [7, 11) is 0. The maximum Gasteiger partial charge on any atom is 0.251 e. The van der Waals surface area contributed by atoms with Crippen molar-refractivity contribution in [3.05, 3.63) is 50.7 Å². The highest BCUT2D eigenvalue weighted by atomic mass is 35.5. The van der Waals surface area contributed by atoms with Gasteiger partial charge in [-0.2, -0.15) is 0 Å². The van der Waals surface area contributed by atoms with Crippen LogP contribution in [-0.4, -0.2) is 5.91 Å². The van der Waals surface area contributed by atoms with E-state index in [-0.39, 0.29) is 5.91 Å². The molecule has 2 aromatic rings. The van der Waals surface area contributed by atoms with Crippen LogP contribution in [0.2, 0.25) is 5.02 Å². The predicted molar refractivity (Wildman–Crippen MR) is 76.1 cm³/mol. The molecule has 0 aliphatic carbocycles. The molecular weight excluding hydrogens is 268 g/mol. The molecule has 1 aromatic heterocycles. The fourth-order valence-corrected chi connectivity index (χ4v) is 2.67. The summed E-state index contributed by atoms with van der Waals surface area (Å²) in [6.45, 7) is 2.55. The van der Waals surface area contributed by atoms with E-state index < -0.39 is 0 Å². The van der Waals surface area contributed by atoms with Crippen LogP contribution in [0.4, 0.5) is 5.69 Å². The van der Waals surface area contributed by atoms with E-state index in [1.54, 1.807) is 29.5 Å². The first kappa shape index (κ1) is 12.9. The minimum atomic E-state index is -0.171. The molecular formula is C13H13ClN2OS. The van der Waals surface area contributed by atoms with Crippen molar-refractivity contribution in [2.24, 2.45) is 0 Å². The second-order valence-electron chi connectivity index (χ2n) is 3.97. The van der Waals surface area contributed by atoms with Gasteiger partial charge in [0.15, 0.2) is 0 Å². The number of benzene rings is 1. The van der Waals surface area contributed by atoms with Crippen molar-refractivity contribution in [2.45, 2.75) is 13.5 Å². The van der Waals surface area contributed by atoms with Crippen LogP contribution in [-0.2, 0) is 6.54 Å². The quantitative estimate of drug-likeness (QED) is 0.848. The highest BCUT2D eigenvalue weighted by Crippen LogP contribution is 2.17. The fraction of sp³-hybridized carbons (Fsp3) is 0.154. The van der Waals surface area contributed by atoms with Gasteiger partial charge in [-0.3, -0.25) is 4.79 Å². The molecule has 18 heavy (non-hydrogen) atoms. The third-order valence-electron chi connectivity index (χ3n) is 2.40. The summed E-state index contributed by atoms with van der Waals surface area (Å²) in [5.74, 6) is -0.171. The molecule has 94 valence electrons. The second kappa shape index (κ2) is 5.42. The van der Waals surface area contributed by atoms with E-state index in [0.29, 0.717) is 22.8 Å². The Bertz CT molecular complexity index is 560. The zero-order valence-electron chi connectivity index (χ0n) is 9.87. The summed E-state index contributed by atoms with van der Waals surface area (Å²) < 4.78 is 0. The highest BCUT2D eigenvalue weighted by Gasteiger charge is 2.07. The zero-order chi connectivity index (χ0) is 13.1. The Morgan fingerprint density at radius 3 is 2.78 bits per heavy atom. The average Bonchev–Trinajstić information content (AvgIpc) is 2.70. The summed E-state index contributed by atoms with van der Waals surface area (Å²) in [6, 6.07) is 8.87. The van der Waals surface area contributed by atoms with Gasteiger partial charge in [0.05, 0.1) is 6.54 Å². The van der Waals surface area contributed by atoms with Crippen LogP contribution >= 0.6 is 22.9 Å². The lowest BCUT2D eigenvalue weighted by Crippen LogP contribution is -2.22. The molecule has 0 fully saturated rings. The molecule has 3 N–H and O–H groups in total. The lowest BCUT2D eigenvalue weighted by molar-refractivity contribution is 0.0951. The van der Waals surface area contributed by atoms with Crippen molar-refractivity contribution < 1.29 is 4.79 Å². The molecule has 0 atom stereocenters. The number of aryl methyl sites for hydroxylation is 1. The number of carbonyl (C=O) groups is 1. The Kier molecular flexibility index (Phi) is 3.89. The number of hydrogen-bond acceptors (Lipinski definition) is 3. The molecule has 0 saturated heterocycles. The molecule has 2 rings (SSSR count). The largest absolute Gasteiger partial charge is 0.399 e. The van der Waals surface area contributed by atoms with Crippen LogP contribution in [0.15, 0.2) is 30.3 Å². The molecule has 1 heterocycles. The molecule has 0 saturated carbocycles. The Morgan fingerprint density at radius 1 is 1.39 bits per heavy atom. The number of amides is 1. The van der Waals surface area contributed by atoms with E-state index in [0.717, 1.165) is 4.88 Å². The number of hydrogen-bond donors (Lipinski definition) is 2. The minimum absolute atomic E-state index is 0.171. The second-order valence-corrected chi connectivity index (χ2v) is 5.78. The Labute approximate surface area is 115 Å². The zero-order valence-corrected chi connectivity index (χ0v) is 11.4. The minimum Gasteiger partial charge on any atom is -0.399 e. The first-order chi connectivity index (χ1) is 8.54. The van der Waals surface area contributed by atoms with E-state index >= 15 is 0 Å². The number of rotatable bonds is 3. The van der Waals surface area contributed by atoms with Crippen molar-refractivity contribution in [1.82, 2.24) is 5.32 Å². The van der Waals surface area contributed by atoms with Gasteiger partial charge in [0, 0.05) is 26.0 Å². The van der Waals surface area contributed by atoms with Gasteiger partial charge in [-0.05, 0) is 37.3 Å². The molecule has 0 spiro atoms. The van der Waals surface area contributed by atoms with Gasteiger partial charge in [0.2, 0.25) is 0 Å². The van der Waals surface area contributed by atoms with E-state index in [2.05, 4.69) is 5.32 Å². The molecule has 0 unspecified atom stereocenters. The van der Waals surface area contributed by atoms with E-state index in [9.17, 15) is 4.79 Å². The van der Waals surface area contributed by atoms with Crippen molar-refractivity contribution in [1.29, 1.82) is 0 Å². The van der Waals surface area contributed by atoms with Crippen LogP contribution in [0.1, 0.15) is 20.1 Å². The number of nitrogen functional groups attached to an aromatic ring is 1. The summed E-state index contributed by atoms with van der Waals surface area (Å²) in [6.07, 6.45) is 0. The SMILES string of the molecule is Cc1ccc(CNC(=O)c2cc(N)cc(Cl)c2)s1. The Balaban J connectivity index is 2.03. The summed E-state index contributed by atoms with van der Waals surface area (Å²) >= 11 is 7.52. The van der Waals surface area contributed by atoms with Gasteiger partial charge >= 0.3 is 0 Å². The molecule has 1 amide bonds. The van der Waals surface area contributed by atoms with Crippen LogP contribution in [0.5, 0.6) is 0 Å². The van der Waals surface area contributed by atoms with Gasteiger partial charge in [-0.15, -0.1) is 11.3 Å². The van der Waals surface area contributed by atoms with Crippen molar-refractivity contribution >= 4 is 34.5 Å². The average molecular weight is 281 g/mol. The number of thiophene rings is 1. The topological polar surface area (TPSA) is 55.1 Å². The van der Waals surface area contributed by atoms with Gasteiger partial charge in [-0.1, -0.05) is 11.6 Å². The van der Waals surface area contributed by atoms with Gasteiger partial charge < -0.3 is 11.1 Å². The number of anilines is 1. The highest BCUT2D eigenvalue weighted by molar-refractivity contribution is 7.11. The normalized spacial score (nSPS) is 10.3. The van der Waals surface area contributed by atoms with E-state index in [1.807, 2.05) is 19.1 Å². The lowest BCUT2D eigenvalue weighted by atomic mass is 10.2. The molecule has 0 aliphatic heterocycles. The van der Waals surface area contributed by atoms with Gasteiger partial charge in [0.25, 0.3) is 5.91 Å². The summed E-state index contributed by atoms with van der Waals surface area (Å²) in [5.41, 5.74) is 6.61. The van der Waals surface area contributed by atoms with Gasteiger partial charge in [0.1, 0.15) is 0 Å². The molecule has 1 aromatic carbocycles. The first-order valence-corrected chi connectivity index (χ1v) is 6.63. The molecule has 5 heteroatoms. The molecule has 3 nitrogen and oxygen atoms in total. The maximum atomic E-state index is 11.9. The number of nitrogens with one attached hydrogen (secondary N) is 1. The first-order valence-electron chi connectivity index (χ1n) is 5.44. The maximum absolute atomic E-state index is 11.9. The Hall–Kier alpha value is -1.52. The van der Waals surface area contributed by atoms with Crippen LogP contribution in [0.25, 0.3) is 0 Å². The van der Waals surface area contributed by atoms with E-state index in [4.69, 9.17) is 17.3 Å². The van der Waals surface area contributed by atoms with Crippen molar-refractivity contribution in [3.8, 4) is 0 Å². The van der Waals surface area contributed by atoms with Crippen LogP contribution in [0.3, 0.4) is 0 Å². The number of nitrogens with two attached hydrogens (primary N) is 1. The van der Waals surface area contributed by atoms with Gasteiger partial charge in [-0.25, -0.2) is 0 Å². The van der Waals surface area contributed by atoms with Crippen molar-refractivity contribution in [2.75, 3.05) is 5.73 Å². The van der Waals surface area contributed by atoms with Crippen LogP contribution in [0, 0.1) is 6.92 Å². The monoisotopic (exact) mass is 280 g/mol. The third kappa shape index (κ3) is 3.24. The standard InChI is InChI=1S/C13H13ClN2OS/c1-8-2-3-12(18-8)7-16-13(17)9-4-10(14)6-11(15)5-9/h2-6H,7,15H2,1H3,(H,16,17). The van der Waals surface area contributed by atoms with E-state index in [1.165, 1.54) is 4.88 Å². The summed E-state index contributed by atoms with van der Waals surface area (Å²) in [5, 5.41) is 3.31. The molecule has 0 bridgehead atoms. The number of carbonyl (C=O) groups excluding carboxylic acids is 1. The van der Waals surface area contributed by atoms with Crippen LogP contribution < -0.4 is 11.1 Å². The Morgan fingerprint density at radius 2 is 2.17 bits per heavy atom. The number of halogens is 1. The van der Waals surface area contributed by atoms with Crippen molar-refractivity contribution in [3.63, 3.8) is 0 Å². The smallest absolute Gasteiger partial charge is 0.251 e. The predicted octanol–water partition coefficient (Wildman–Crippen LogP) is 3.22.